The van der Waals surface area contributed by atoms with Crippen LogP contribution in [-0.2, 0) is 17.7 Å². The first-order valence-corrected chi connectivity index (χ1v) is 10.0. The van der Waals surface area contributed by atoms with Crippen molar-refractivity contribution in [2.24, 2.45) is 0 Å². The highest BCUT2D eigenvalue weighted by Gasteiger charge is 2.18. The molecule has 0 fully saturated rings. The van der Waals surface area contributed by atoms with E-state index in [0.29, 0.717) is 12.7 Å². The maximum absolute atomic E-state index is 5.85. The Morgan fingerprint density at radius 1 is 1.15 bits per heavy atom. The van der Waals surface area contributed by atoms with Gasteiger partial charge >= 0.3 is 0 Å². The molecule has 146 valence electrons. The van der Waals surface area contributed by atoms with Crippen LogP contribution in [0.1, 0.15) is 36.5 Å². The van der Waals surface area contributed by atoms with Crippen molar-refractivity contribution in [1.82, 2.24) is 5.06 Å². The highest BCUT2D eigenvalue weighted by atomic mass is 16.7. The molecule has 1 atom stereocenters. The number of ether oxygens (including phenoxy) is 1. The zero-order valence-electron chi connectivity index (χ0n) is 16.8. The number of hydrogen-bond donors (Lipinski definition) is 1. The maximum atomic E-state index is 5.85. The molecule has 0 bridgehead atoms. The summed E-state index contributed by atoms with van der Waals surface area (Å²) in [7, 11) is 2.02. The normalized spacial score (nSPS) is 15.6. The number of nitrogens with zero attached hydrogens (tertiary/aromatic N) is 1. The van der Waals surface area contributed by atoms with Crippen molar-refractivity contribution in [3.8, 4) is 5.75 Å². The molecule has 0 spiro atoms. The van der Waals surface area contributed by atoms with E-state index in [1.807, 2.05) is 12.1 Å². The lowest BCUT2D eigenvalue weighted by molar-refractivity contribution is -0.139. The van der Waals surface area contributed by atoms with Crippen LogP contribution in [0.2, 0.25) is 0 Å². The van der Waals surface area contributed by atoms with E-state index in [1.165, 1.54) is 22.4 Å². The van der Waals surface area contributed by atoms with Crippen molar-refractivity contribution in [3.63, 3.8) is 0 Å². The second kappa shape index (κ2) is 9.77. The predicted molar refractivity (Wildman–Crippen MR) is 111 cm³/mol. The number of nitrogens with one attached hydrogen (secondary N) is 1. The molecule has 1 N–H and O–H groups in total. The molecule has 2 aromatic carbocycles. The summed E-state index contributed by atoms with van der Waals surface area (Å²) in [5.41, 5.74) is 5.14. The van der Waals surface area contributed by atoms with E-state index in [1.54, 1.807) is 0 Å². The van der Waals surface area contributed by atoms with Crippen molar-refractivity contribution < 1.29 is 9.57 Å². The summed E-state index contributed by atoms with van der Waals surface area (Å²) in [5.74, 6) is 1.04. The fraction of sp³-hybridized carbons (Fsp3) is 0.478. The fourth-order valence-corrected chi connectivity index (χ4v) is 3.38. The van der Waals surface area contributed by atoms with Gasteiger partial charge < -0.3 is 10.1 Å². The first-order chi connectivity index (χ1) is 13.1. The molecule has 4 nitrogen and oxygen atoms in total. The number of aryl methyl sites for hydroxylation is 1. The molecule has 0 aliphatic carbocycles. The summed E-state index contributed by atoms with van der Waals surface area (Å²) in [6, 6.07) is 15.1. The van der Waals surface area contributed by atoms with Gasteiger partial charge in [0.15, 0.2) is 0 Å². The summed E-state index contributed by atoms with van der Waals surface area (Å²) >= 11 is 0. The van der Waals surface area contributed by atoms with Gasteiger partial charge in [-0.1, -0.05) is 29.8 Å². The molecule has 0 amide bonds. The van der Waals surface area contributed by atoms with Gasteiger partial charge in [0.05, 0.1) is 6.61 Å². The third-order valence-corrected chi connectivity index (χ3v) is 4.94. The minimum Gasteiger partial charge on any atom is -0.490 e. The van der Waals surface area contributed by atoms with Gasteiger partial charge in [0, 0.05) is 32.2 Å². The minimum absolute atomic E-state index is 0.304. The van der Waals surface area contributed by atoms with Crippen LogP contribution in [0.5, 0.6) is 5.75 Å². The molecule has 2 aromatic rings. The molecule has 0 aromatic heterocycles. The molecular formula is C23H32N2O2. The van der Waals surface area contributed by atoms with Crippen molar-refractivity contribution in [3.05, 3.63) is 59.2 Å². The molecule has 1 heterocycles. The summed E-state index contributed by atoms with van der Waals surface area (Å²) < 4.78 is 5.76. The van der Waals surface area contributed by atoms with Crippen LogP contribution in [0, 0.1) is 6.92 Å². The van der Waals surface area contributed by atoms with Gasteiger partial charge in [0.2, 0.25) is 0 Å². The Kier molecular flexibility index (Phi) is 7.13. The van der Waals surface area contributed by atoms with Gasteiger partial charge in [0.1, 0.15) is 11.9 Å². The lowest BCUT2D eigenvalue weighted by Gasteiger charge is -2.17. The van der Waals surface area contributed by atoms with Crippen LogP contribution in [0.25, 0.3) is 0 Å². The number of benzene rings is 2. The molecule has 4 heteroatoms. The predicted octanol–water partition coefficient (Wildman–Crippen LogP) is 4.62. The molecule has 1 aliphatic rings. The van der Waals surface area contributed by atoms with E-state index >= 15 is 0 Å². The average Bonchev–Trinajstić information content (AvgIpc) is 3.02. The first-order valence-electron chi connectivity index (χ1n) is 10.0. The average molecular weight is 369 g/mol. The quantitative estimate of drug-likeness (QED) is 0.490. The second-order valence-electron chi connectivity index (χ2n) is 7.51. The summed E-state index contributed by atoms with van der Waals surface area (Å²) in [4.78, 5) is 5.85. The second-order valence-corrected chi connectivity index (χ2v) is 7.51. The van der Waals surface area contributed by atoms with Crippen molar-refractivity contribution >= 4 is 5.69 Å². The van der Waals surface area contributed by atoms with E-state index in [0.717, 1.165) is 44.5 Å². The van der Waals surface area contributed by atoms with E-state index in [9.17, 15) is 0 Å². The van der Waals surface area contributed by atoms with Gasteiger partial charge in [-0.15, -0.1) is 0 Å². The number of unbranched alkanes of at least 4 members (excludes halogenated alkanes) is 1. The Hall–Kier alpha value is -2.04. The molecule has 0 saturated carbocycles. The van der Waals surface area contributed by atoms with Crippen molar-refractivity contribution in [2.75, 3.05) is 32.1 Å². The van der Waals surface area contributed by atoms with Crippen LogP contribution >= 0.6 is 0 Å². The molecule has 3 rings (SSSR count). The molecular weight excluding hydrogens is 336 g/mol. The van der Waals surface area contributed by atoms with E-state index in [4.69, 9.17) is 9.57 Å². The number of hydroxylamine groups is 2. The molecule has 0 radical (unpaired) electrons. The van der Waals surface area contributed by atoms with Gasteiger partial charge in [-0.05, 0) is 62.4 Å². The molecule has 27 heavy (non-hydrogen) atoms. The SMILES string of the molecule is Cc1ccc(NCCCCN(C)OCCc2ccc3c(c2)CC(C)O3)cc1. The van der Waals surface area contributed by atoms with Crippen LogP contribution < -0.4 is 10.1 Å². The Labute approximate surface area is 163 Å². The lowest BCUT2D eigenvalue weighted by atomic mass is 10.1. The van der Waals surface area contributed by atoms with E-state index < -0.39 is 0 Å². The van der Waals surface area contributed by atoms with E-state index in [-0.39, 0.29) is 0 Å². The third kappa shape index (κ3) is 6.26. The largest absolute Gasteiger partial charge is 0.490 e. The minimum atomic E-state index is 0.304. The molecule has 1 unspecified atom stereocenters. The van der Waals surface area contributed by atoms with Crippen molar-refractivity contribution in [2.45, 2.75) is 45.6 Å². The third-order valence-electron chi connectivity index (χ3n) is 4.94. The number of rotatable bonds is 10. The van der Waals surface area contributed by atoms with Crippen LogP contribution in [0.4, 0.5) is 5.69 Å². The number of fused-ring (bicyclic) bond motifs is 1. The van der Waals surface area contributed by atoms with E-state index in [2.05, 4.69) is 61.6 Å². The Morgan fingerprint density at radius 3 is 2.78 bits per heavy atom. The summed E-state index contributed by atoms with van der Waals surface area (Å²) in [6.07, 6.45) is 4.49. The number of hydrogen-bond acceptors (Lipinski definition) is 4. The van der Waals surface area contributed by atoms with Gasteiger partial charge in [-0.3, -0.25) is 4.84 Å². The van der Waals surface area contributed by atoms with Gasteiger partial charge in [-0.25, -0.2) is 0 Å². The van der Waals surface area contributed by atoms with Crippen molar-refractivity contribution in [1.29, 1.82) is 0 Å². The lowest BCUT2D eigenvalue weighted by Crippen LogP contribution is -2.22. The molecule has 0 saturated heterocycles. The van der Waals surface area contributed by atoms with Crippen LogP contribution in [0.3, 0.4) is 0 Å². The maximum Gasteiger partial charge on any atom is 0.123 e. The van der Waals surface area contributed by atoms with Crippen LogP contribution in [-0.4, -0.2) is 37.9 Å². The standard InChI is InChI=1S/C23H32N2O2/c1-18-6-9-22(10-7-18)24-13-4-5-14-25(3)26-15-12-20-8-11-23-21(17-20)16-19(2)27-23/h6-11,17,19,24H,4-5,12-16H2,1-3H3. The fourth-order valence-electron chi connectivity index (χ4n) is 3.38. The monoisotopic (exact) mass is 368 g/mol. The van der Waals surface area contributed by atoms with Crippen LogP contribution in [0.15, 0.2) is 42.5 Å². The topological polar surface area (TPSA) is 33.7 Å². The smallest absolute Gasteiger partial charge is 0.123 e. The summed E-state index contributed by atoms with van der Waals surface area (Å²) in [5, 5.41) is 5.43. The van der Waals surface area contributed by atoms with Gasteiger partial charge in [0.25, 0.3) is 0 Å². The highest BCUT2D eigenvalue weighted by Crippen LogP contribution is 2.29. The zero-order chi connectivity index (χ0) is 19.1. The Bertz CT molecular complexity index is 715. The number of anilines is 1. The highest BCUT2D eigenvalue weighted by molar-refractivity contribution is 5.44. The summed E-state index contributed by atoms with van der Waals surface area (Å²) in [6.45, 7) is 6.89. The first kappa shape index (κ1) is 19.7. The van der Waals surface area contributed by atoms with Gasteiger partial charge in [-0.2, -0.15) is 5.06 Å². The molecule has 1 aliphatic heterocycles. The zero-order valence-corrected chi connectivity index (χ0v) is 16.8. The Morgan fingerprint density at radius 2 is 1.96 bits per heavy atom. The Balaban J connectivity index is 1.26.